The van der Waals surface area contributed by atoms with Gasteiger partial charge < -0.3 is 30.2 Å². The van der Waals surface area contributed by atoms with Crippen LogP contribution in [-0.2, 0) is 30.3 Å². The second kappa shape index (κ2) is 12.9. The van der Waals surface area contributed by atoms with E-state index >= 15 is 0 Å². The van der Waals surface area contributed by atoms with E-state index in [0.717, 1.165) is 9.80 Å². The molecule has 2 saturated heterocycles. The van der Waals surface area contributed by atoms with Crippen molar-refractivity contribution in [2.24, 2.45) is 0 Å². The van der Waals surface area contributed by atoms with Gasteiger partial charge in [0.05, 0.1) is 18.1 Å². The van der Waals surface area contributed by atoms with Crippen LogP contribution in [0, 0.1) is 0 Å². The number of carbonyl (C=O) groups excluding carboxylic acids is 6. The Balaban J connectivity index is 0.00000420. The molecule has 0 saturated carbocycles. The maximum Gasteiger partial charge on any atom is 1.00 e. The molecule has 1 unspecified atom stereocenters. The van der Waals surface area contributed by atoms with Gasteiger partial charge in [-0.05, 0) is 18.6 Å². The normalized spacial score (nSPS) is 20.1. The van der Waals surface area contributed by atoms with Crippen molar-refractivity contribution in [2.45, 2.75) is 31.7 Å². The number of para-hydroxylation sites is 1. The summed E-state index contributed by atoms with van der Waals surface area (Å²) >= 11 is 1.23. The number of benzene rings is 1. The number of nitrogens with zero attached hydrogens (tertiary/aromatic N) is 3. The zero-order chi connectivity index (χ0) is 27.6. The molecule has 0 aliphatic carbocycles. The molecule has 2 atom stereocenters. The summed E-state index contributed by atoms with van der Waals surface area (Å²) in [5.41, 5.74) is 0.706. The molecule has 202 valence electrons. The minimum Gasteiger partial charge on any atom is -0.543 e. The summed E-state index contributed by atoms with van der Waals surface area (Å²) in [6.07, 6.45) is -0.173. The van der Waals surface area contributed by atoms with Gasteiger partial charge in [-0.1, -0.05) is 18.2 Å². The number of carboxylic acids is 1. The van der Waals surface area contributed by atoms with Crippen molar-refractivity contribution in [2.75, 3.05) is 37.3 Å². The van der Waals surface area contributed by atoms with Crippen LogP contribution < -0.4 is 45.3 Å². The SMILES string of the molecule is CCN1CCN(C(=O)Nc2ccccc2CC(=O)NC2C(=O)N3C(C(=O)[O-])=C(COC(C)=O)CS[C@H]23)C1=O.[Na+]. The number of β-lactam (4-membered cyclic amide) rings is 1. The Labute approximate surface area is 250 Å². The predicted octanol–water partition coefficient (Wildman–Crippen LogP) is -3.51. The number of amides is 6. The molecule has 2 N–H and O–H groups in total. The molecule has 0 spiro atoms. The van der Waals surface area contributed by atoms with E-state index < -0.39 is 41.2 Å². The first-order valence-corrected chi connectivity index (χ1v) is 12.9. The van der Waals surface area contributed by atoms with Gasteiger partial charge in [-0.25, -0.2) is 14.5 Å². The zero-order valence-electron chi connectivity index (χ0n) is 21.7. The number of carbonyl (C=O) groups is 6. The monoisotopic (exact) mass is 567 g/mol. The van der Waals surface area contributed by atoms with Crippen molar-refractivity contribution in [3.05, 3.63) is 41.1 Å². The van der Waals surface area contributed by atoms with Crippen LogP contribution in [0.5, 0.6) is 0 Å². The van der Waals surface area contributed by atoms with Gasteiger partial charge in [-0.2, -0.15) is 0 Å². The van der Waals surface area contributed by atoms with E-state index in [0.29, 0.717) is 24.3 Å². The van der Waals surface area contributed by atoms with Crippen LogP contribution in [0.1, 0.15) is 19.4 Å². The molecule has 15 heteroatoms. The van der Waals surface area contributed by atoms with Crippen LogP contribution in [0.2, 0.25) is 0 Å². The molecule has 39 heavy (non-hydrogen) atoms. The second-order valence-electron chi connectivity index (χ2n) is 8.75. The van der Waals surface area contributed by atoms with Crippen molar-refractivity contribution in [3.8, 4) is 0 Å². The molecule has 1 aromatic rings. The number of nitrogens with one attached hydrogen (secondary N) is 2. The molecular formula is C24H26N5NaO8S. The molecule has 3 aliphatic heterocycles. The minimum absolute atomic E-state index is 0. The van der Waals surface area contributed by atoms with E-state index in [1.165, 1.54) is 18.7 Å². The van der Waals surface area contributed by atoms with E-state index in [4.69, 9.17) is 4.74 Å². The number of hydrogen-bond donors (Lipinski definition) is 2. The Morgan fingerprint density at radius 1 is 1.15 bits per heavy atom. The van der Waals surface area contributed by atoms with E-state index in [-0.39, 0.29) is 72.2 Å². The predicted molar refractivity (Wildman–Crippen MR) is 132 cm³/mol. The molecule has 3 aliphatic rings. The number of thioether (sulfide) groups is 1. The molecule has 0 radical (unpaired) electrons. The van der Waals surface area contributed by atoms with Crippen molar-refractivity contribution < 1.29 is 68.2 Å². The van der Waals surface area contributed by atoms with E-state index in [1.54, 1.807) is 29.2 Å². The summed E-state index contributed by atoms with van der Waals surface area (Å²) in [4.78, 5) is 77.2. The number of rotatable bonds is 8. The van der Waals surface area contributed by atoms with Gasteiger partial charge in [-0.15, -0.1) is 11.8 Å². The third kappa shape index (κ3) is 6.40. The first-order valence-electron chi connectivity index (χ1n) is 11.9. The Bertz CT molecular complexity index is 1240. The van der Waals surface area contributed by atoms with Crippen molar-refractivity contribution in [1.29, 1.82) is 0 Å². The molecule has 2 fully saturated rings. The third-order valence-electron chi connectivity index (χ3n) is 6.34. The molecule has 6 amide bonds. The third-order valence-corrected chi connectivity index (χ3v) is 7.68. The zero-order valence-corrected chi connectivity index (χ0v) is 24.5. The van der Waals surface area contributed by atoms with Crippen LogP contribution in [0.3, 0.4) is 0 Å². The summed E-state index contributed by atoms with van der Waals surface area (Å²) < 4.78 is 4.89. The van der Waals surface area contributed by atoms with Gasteiger partial charge in [0.25, 0.3) is 5.91 Å². The minimum atomic E-state index is -1.57. The van der Waals surface area contributed by atoms with E-state index in [1.807, 2.05) is 6.92 Å². The molecule has 1 aromatic carbocycles. The maximum atomic E-state index is 12.8. The van der Waals surface area contributed by atoms with Gasteiger partial charge in [0, 0.05) is 43.6 Å². The maximum absolute atomic E-state index is 12.8. The molecule has 0 bridgehead atoms. The van der Waals surface area contributed by atoms with Crippen molar-refractivity contribution in [3.63, 3.8) is 0 Å². The van der Waals surface area contributed by atoms with Crippen molar-refractivity contribution in [1.82, 2.24) is 20.0 Å². The number of anilines is 1. The first kappa shape index (κ1) is 30.5. The summed E-state index contributed by atoms with van der Waals surface area (Å²) in [6.45, 7) is 3.92. The topological polar surface area (TPSA) is 168 Å². The average molecular weight is 568 g/mol. The number of carboxylic acid groups (broad SMARTS) is 1. The Morgan fingerprint density at radius 3 is 2.51 bits per heavy atom. The van der Waals surface area contributed by atoms with Gasteiger partial charge in [0.1, 0.15) is 18.0 Å². The summed E-state index contributed by atoms with van der Waals surface area (Å²) in [5, 5.41) is 16.4. The fourth-order valence-corrected chi connectivity index (χ4v) is 5.74. The molecule has 13 nitrogen and oxygen atoms in total. The number of hydrogen-bond acceptors (Lipinski definition) is 9. The average Bonchev–Trinajstić information content (AvgIpc) is 3.26. The first-order chi connectivity index (χ1) is 18.1. The van der Waals surface area contributed by atoms with Crippen LogP contribution >= 0.6 is 11.8 Å². The van der Waals surface area contributed by atoms with Gasteiger partial charge in [0.2, 0.25) is 5.91 Å². The number of aliphatic carboxylic acids is 1. The molecule has 3 heterocycles. The fourth-order valence-electron chi connectivity index (χ4n) is 4.41. The number of esters is 1. The summed E-state index contributed by atoms with van der Waals surface area (Å²) in [5.74, 6) is -3.11. The van der Waals surface area contributed by atoms with Gasteiger partial charge in [-0.3, -0.25) is 19.3 Å². The number of likely N-dealkylation sites (N-methyl/N-ethyl adjacent to an activating group) is 1. The Hall–Kier alpha value is -3.07. The molecule has 4 rings (SSSR count). The number of ether oxygens (including phenoxy) is 1. The molecule has 0 aromatic heterocycles. The van der Waals surface area contributed by atoms with Crippen molar-refractivity contribution >= 4 is 53.3 Å². The smallest absolute Gasteiger partial charge is 0.543 e. The van der Waals surface area contributed by atoms with E-state index in [2.05, 4.69) is 10.6 Å². The fraction of sp³-hybridized carbons (Fsp3) is 0.417. The standard InChI is InChI=1S/C24H27N5O8S.Na/c1-3-27-8-9-28(24(27)36)23(35)25-16-7-5-4-6-14(16)10-17(31)26-18-20(32)29-19(22(33)34)15(11-37-13(2)30)12-38-21(18)29;/h4-7,18,21H,3,8-12H2,1-2H3,(H,25,35)(H,26,31)(H,33,34);/q;+1/p-1/t18?,21-;/m1./s1. The quantitative estimate of drug-likeness (QED) is 0.184. The Kier molecular flexibility index (Phi) is 10.0. The molecular weight excluding hydrogens is 541 g/mol. The number of urea groups is 2. The number of fused-ring (bicyclic) bond motifs is 1. The second-order valence-corrected chi connectivity index (χ2v) is 9.86. The van der Waals surface area contributed by atoms with E-state index in [9.17, 15) is 33.9 Å². The summed E-state index contributed by atoms with van der Waals surface area (Å²) in [6, 6.07) is 4.66. The van der Waals surface area contributed by atoms with Crippen LogP contribution in [0.15, 0.2) is 35.5 Å². The van der Waals surface area contributed by atoms with Crippen LogP contribution in [0.4, 0.5) is 15.3 Å². The van der Waals surface area contributed by atoms with Crippen LogP contribution in [-0.4, -0.2) is 93.9 Å². The van der Waals surface area contributed by atoms with Crippen LogP contribution in [0.25, 0.3) is 0 Å². The number of imide groups is 1. The Morgan fingerprint density at radius 2 is 1.87 bits per heavy atom. The largest absolute Gasteiger partial charge is 1.00 e. The summed E-state index contributed by atoms with van der Waals surface area (Å²) in [7, 11) is 0. The van der Waals surface area contributed by atoms with Gasteiger partial charge >= 0.3 is 47.6 Å². The van der Waals surface area contributed by atoms with Gasteiger partial charge in [0.15, 0.2) is 0 Å².